The van der Waals surface area contributed by atoms with Gasteiger partial charge in [0, 0.05) is 18.6 Å². The van der Waals surface area contributed by atoms with E-state index in [1.54, 1.807) is 12.1 Å². The average molecular weight is 231 g/mol. The molecule has 0 N–H and O–H groups in total. The molecule has 1 atom stereocenters. The maximum Gasteiger partial charge on any atom is 0.126 e. The molecule has 0 aliphatic carbocycles. The van der Waals surface area contributed by atoms with Crippen LogP contribution in [-0.4, -0.2) is 18.6 Å². The van der Waals surface area contributed by atoms with Crippen LogP contribution in [0.15, 0.2) is 24.3 Å². The maximum absolute atomic E-state index is 13.2. The highest BCUT2D eigenvalue weighted by atomic mass is 35.5. The molecule has 1 aromatic rings. The Labute approximate surface area is 95.2 Å². The number of rotatable bonds is 6. The van der Waals surface area contributed by atoms with Gasteiger partial charge in [-0.05, 0) is 31.4 Å². The molecule has 1 nitrogen and oxygen atoms in total. The topological polar surface area (TPSA) is 9.23 Å². The minimum absolute atomic E-state index is 0.0616. The van der Waals surface area contributed by atoms with E-state index in [2.05, 4.69) is 0 Å². The Kier molecular flexibility index (Phi) is 5.66. The first-order valence-electron chi connectivity index (χ1n) is 5.19. The molecule has 0 aromatic heterocycles. The van der Waals surface area contributed by atoms with E-state index >= 15 is 0 Å². The largest absolute Gasteiger partial charge is 0.382 e. The van der Waals surface area contributed by atoms with Gasteiger partial charge >= 0.3 is 0 Å². The number of benzene rings is 1. The minimum atomic E-state index is -0.181. The van der Waals surface area contributed by atoms with Crippen LogP contribution in [0.5, 0.6) is 0 Å². The van der Waals surface area contributed by atoms with Crippen LogP contribution in [0.4, 0.5) is 4.39 Å². The molecule has 0 aliphatic rings. The second-order valence-corrected chi connectivity index (χ2v) is 4.00. The van der Waals surface area contributed by atoms with Gasteiger partial charge in [0.2, 0.25) is 0 Å². The van der Waals surface area contributed by atoms with Crippen molar-refractivity contribution < 1.29 is 9.13 Å². The van der Waals surface area contributed by atoms with E-state index in [4.69, 9.17) is 16.3 Å². The Balaban J connectivity index is 2.37. The summed E-state index contributed by atoms with van der Waals surface area (Å²) in [6.45, 7) is 3.28. The molecule has 0 fully saturated rings. The predicted molar refractivity (Wildman–Crippen MR) is 60.9 cm³/mol. The van der Waals surface area contributed by atoms with Gasteiger partial charge in [0.1, 0.15) is 5.82 Å². The zero-order chi connectivity index (χ0) is 11.1. The molecule has 1 aromatic carbocycles. The van der Waals surface area contributed by atoms with Gasteiger partial charge in [0.15, 0.2) is 0 Å². The molecular weight excluding hydrogens is 215 g/mol. The van der Waals surface area contributed by atoms with Gasteiger partial charge in [-0.25, -0.2) is 4.39 Å². The van der Waals surface area contributed by atoms with Gasteiger partial charge in [0.25, 0.3) is 0 Å². The lowest BCUT2D eigenvalue weighted by Crippen LogP contribution is -2.09. The fourth-order valence-electron chi connectivity index (χ4n) is 1.36. The molecule has 0 amide bonds. The summed E-state index contributed by atoms with van der Waals surface area (Å²) in [5, 5.41) is -0.0616. The standard InChI is InChI=1S/C12H16ClFO/c1-2-15-8-7-11(13)9-10-5-3-4-6-12(10)14/h3-6,11H,2,7-9H2,1H3. The SMILES string of the molecule is CCOCCC(Cl)Cc1ccccc1F. The van der Waals surface area contributed by atoms with Gasteiger partial charge in [0.05, 0.1) is 0 Å². The van der Waals surface area contributed by atoms with Crippen molar-refractivity contribution in [1.29, 1.82) is 0 Å². The smallest absolute Gasteiger partial charge is 0.126 e. The van der Waals surface area contributed by atoms with Crippen molar-refractivity contribution >= 4 is 11.6 Å². The monoisotopic (exact) mass is 230 g/mol. The van der Waals surface area contributed by atoms with Gasteiger partial charge in [-0.1, -0.05) is 18.2 Å². The van der Waals surface area contributed by atoms with Crippen molar-refractivity contribution in [1.82, 2.24) is 0 Å². The van der Waals surface area contributed by atoms with Gasteiger partial charge < -0.3 is 4.74 Å². The second-order valence-electron chi connectivity index (χ2n) is 3.38. The fraction of sp³-hybridized carbons (Fsp3) is 0.500. The van der Waals surface area contributed by atoms with Crippen LogP contribution in [0, 0.1) is 5.82 Å². The number of alkyl halides is 1. The van der Waals surface area contributed by atoms with Gasteiger partial charge in [-0.15, -0.1) is 11.6 Å². The Hall–Kier alpha value is -0.600. The predicted octanol–water partition coefficient (Wildman–Crippen LogP) is 3.40. The summed E-state index contributed by atoms with van der Waals surface area (Å²) in [6, 6.07) is 6.74. The number of ether oxygens (including phenoxy) is 1. The van der Waals surface area contributed by atoms with E-state index in [1.165, 1.54) is 6.07 Å². The van der Waals surface area contributed by atoms with Crippen molar-refractivity contribution in [3.63, 3.8) is 0 Å². The Bertz CT molecular complexity index is 291. The quantitative estimate of drug-likeness (QED) is 0.538. The fourth-order valence-corrected chi connectivity index (χ4v) is 1.62. The first-order valence-corrected chi connectivity index (χ1v) is 5.63. The molecular formula is C12H16ClFO. The molecule has 15 heavy (non-hydrogen) atoms. The summed E-state index contributed by atoms with van der Waals surface area (Å²) in [5.41, 5.74) is 0.675. The lowest BCUT2D eigenvalue weighted by atomic mass is 10.1. The number of halogens is 2. The highest BCUT2D eigenvalue weighted by molar-refractivity contribution is 6.20. The summed E-state index contributed by atoms with van der Waals surface area (Å²) >= 11 is 6.08. The number of hydrogen-bond acceptors (Lipinski definition) is 1. The van der Waals surface area contributed by atoms with E-state index in [9.17, 15) is 4.39 Å². The first-order chi connectivity index (χ1) is 7.24. The maximum atomic E-state index is 13.2. The Morgan fingerprint density at radius 1 is 1.40 bits per heavy atom. The van der Waals surface area contributed by atoms with Crippen LogP contribution >= 0.6 is 11.6 Å². The summed E-state index contributed by atoms with van der Waals surface area (Å²) in [7, 11) is 0. The summed E-state index contributed by atoms with van der Waals surface area (Å²) in [6.07, 6.45) is 1.31. The lowest BCUT2D eigenvalue weighted by molar-refractivity contribution is 0.144. The second kappa shape index (κ2) is 6.81. The molecule has 84 valence electrons. The van der Waals surface area contributed by atoms with Crippen LogP contribution in [0.25, 0.3) is 0 Å². The van der Waals surface area contributed by atoms with Crippen LogP contribution in [0.2, 0.25) is 0 Å². The first kappa shape index (κ1) is 12.5. The van der Waals surface area contributed by atoms with E-state index in [0.717, 1.165) is 6.42 Å². The molecule has 0 radical (unpaired) electrons. The third-order valence-corrected chi connectivity index (χ3v) is 2.55. The molecule has 0 spiro atoms. The van der Waals surface area contributed by atoms with Crippen molar-refractivity contribution in [3.05, 3.63) is 35.6 Å². The average Bonchev–Trinajstić information content (AvgIpc) is 2.22. The highest BCUT2D eigenvalue weighted by Crippen LogP contribution is 2.14. The third-order valence-electron chi connectivity index (χ3n) is 2.18. The van der Waals surface area contributed by atoms with Crippen molar-refractivity contribution in [3.8, 4) is 0 Å². The van der Waals surface area contributed by atoms with Gasteiger partial charge in [-0.2, -0.15) is 0 Å². The molecule has 3 heteroatoms. The van der Waals surface area contributed by atoms with Gasteiger partial charge in [-0.3, -0.25) is 0 Å². The van der Waals surface area contributed by atoms with Crippen molar-refractivity contribution in [2.45, 2.75) is 25.1 Å². The van der Waals surface area contributed by atoms with Crippen molar-refractivity contribution in [2.24, 2.45) is 0 Å². The van der Waals surface area contributed by atoms with E-state index in [0.29, 0.717) is 25.2 Å². The summed E-state index contributed by atoms with van der Waals surface area (Å²) < 4.78 is 18.4. The Morgan fingerprint density at radius 2 is 2.13 bits per heavy atom. The third kappa shape index (κ3) is 4.63. The van der Waals surface area contributed by atoms with E-state index in [1.807, 2.05) is 13.0 Å². The van der Waals surface area contributed by atoms with E-state index in [-0.39, 0.29) is 11.2 Å². The normalized spacial score (nSPS) is 12.7. The zero-order valence-electron chi connectivity index (χ0n) is 8.88. The minimum Gasteiger partial charge on any atom is -0.382 e. The molecule has 1 unspecified atom stereocenters. The summed E-state index contributed by atoms with van der Waals surface area (Å²) in [4.78, 5) is 0. The molecule has 0 heterocycles. The van der Waals surface area contributed by atoms with Crippen molar-refractivity contribution in [2.75, 3.05) is 13.2 Å². The lowest BCUT2D eigenvalue weighted by Gasteiger charge is -2.09. The van der Waals surface area contributed by atoms with Crippen LogP contribution < -0.4 is 0 Å². The molecule has 0 saturated heterocycles. The van der Waals surface area contributed by atoms with Crippen LogP contribution in [-0.2, 0) is 11.2 Å². The number of hydrogen-bond donors (Lipinski definition) is 0. The highest BCUT2D eigenvalue weighted by Gasteiger charge is 2.08. The Morgan fingerprint density at radius 3 is 2.80 bits per heavy atom. The molecule has 0 aliphatic heterocycles. The van der Waals surface area contributed by atoms with Crippen LogP contribution in [0.3, 0.4) is 0 Å². The summed E-state index contributed by atoms with van der Waals surface area (Å²) in [5.74, 6) is -0.181. The molecule has 0 saturated carbocycles. The van der Waals surface area contributed by atoms with E-state index < -0.39 is 0 Å². The molecule has 0 bridgehead atoms. The van der Waals surface area contributed by atoms with Crippen LogP contribution in [0.1, 0.15) is 18.9 Å². The zero-order valence-corrected chi connectivity index (χ0v) is 9.64. The molecule has 1 rings (SSSR count).